The van der Waals surface area contributed by atoms with E-state index < -0.39 is 0 Å². The van der Waals surface area contributed by atoms with Crippen LogP contribution in [0.1, 0.15) is 18.4 Å². The number of benzene rings is 2. The van der Waals surface area contributed by atoms with Crippen LogP contribution in [0.4, 0.5) is 0 Å². The van der Waals surface area contributed by atoms with E-state index in [0.717, 1.165) is 28.0 Å². The van der Waals surface area contributed by atoms with Crippen LogP contribution in [-0.4, -0.2) is 22.6 Å². The average Bonchev–Trinajstić information content (AvgIpc) is 3.20. The summed E-state index contributed by atoms with van der Waals surface area (Å²) in [5.74, 6) is 1.02. The first kappa shape index (κ1) is 20.8. The minimum absolute atomic E-state index is 0.113. The molecule has 0 atom stereocenters. The Labute approximate surface area is 183 Å². The van der Waals surface area contributed by atoms with E-state index in [2.05, 4.69) is 0 Å². The molecule has 31 heavy (non-hydrogen) atoms. The van der Waals surface area contributed by atoms with Gasteiger partial charge in [-0.2, -0.15) is 0 Å². The quantitative estimate of drug-likeness (QED) is 0.469. The van der Waals surface area contributed by atoms with Gasteiger partial charge in [0.2, 0.25) is 5.91 Å². The molecule has 1 amide bonds. The summed E-state index contributed by atoms with van der Waals surface area (Å²) < 4.78 is 7.02. The number of nitrogens with two attached hydrogens (primary N) is 1. The zero-order valence-corrected chi connectivity index (χ0v) is 18.2. The molecule has 4 rings (SSSR count). The standard InChI is InChI=1S/C24H23N3O3S/c1-15-13-17(10-11-19(15)30-2)18-14-31-23-21(18)24(29)27(12-6-9-20(25)28)22(26-23)16-7-4-3-5-8-16/h3-5,7-8,10-11,13-14H,6,9,12H2,1-2H3,(H2,25,28). The molecule has 158 valence electrons. The van der Waals surface area contributed by atoms with Gasteiger partial charge in [0, 0.05) is 29.5 Å². The van der Waals surface area contributed by atoms with Crippen molar-refractivity contribution in [2.45, 2.75) is 26.3 Å². The molecule has 0 bridgehead atoms. The van der Waals surface area contributed by atoms with Gasteiger partial charge in [-0.05, 0) is 36.6 Å². The molecular weight excluding hydrogens is 410 g/mol. The Kier molecular flexibility index (Phi) is 5.86. The van der Waals surface area contributed by atoms with Crippen molar-refractivity contribution in [1.82, 2.24) is 9.55 Å². The van der Waals surface area contributed by atoms with Gasteiger partial charge >= 0.3 is 0 Å². The molecule has 0 saturated heterocycles. The Morgan fingerprint density at radius 3 is 2.61 bits per heavy atom. The number of ether oxygens (including phenoxy) is 1. The normalized spacial score (nSPS) is 11.0. The van der Waals surface area contributed by atoms with Gasteiger partial charge in [0.25, 0.3) is 5.56 Å². The number of aromatic nitrogens is 2. The minimum Gasteiger partial charge on any atom is -0.496 e. The number of nitrogens with zero attached hydrogens (tertiary/aromatic N) is 2. The summed E-state index contributed by atoms with van der Waals surface area (Å²) in [6.45, 7) is 2.34. The third-order valence-corrected chi connectivity index (χ3v) is 6.11. The molecule has 0 saturated carbocycles. The van der Waals surface area contributed by atoms with Crippen molar-refractivity contribution in [3.63, 3.8) is 0 Å². The molecule has 7 heteroatoms. The van der Waals surface area contributed by atoms with E-state index in [1.165, 1.54) is 11.3 Å². The van der Waals surface area contributed by atoms with Crippen molar-refractivity contribution in [3.8, 4) is 28.3 Å². The lowest BCUT2D eigenvalue weighted by Crippen LogP contribution is -2.24. The molecule has 4 aromatic rings. The molecule has 0 unspecified atom stereocenters. The third-order valence-electron chi connectivity index (χ3n) is 5.24. The van der Waals surface area contributed by atoms with E-state index in [-0.39, 0.29) is 17.9 Å². The first-order valence-corrected chi connectivity index (χ1v) is 10.9. The van der Waals surface area contributed by atoms with E-state index in [0.29, 0.717) is 29.0 Å². The highest BCUT2D eigenvalue weighted by Crippen LogP contribution is 2.34. The zero-order chi connectivity index (χ0) is 22.0. The number of hydrogen-bond donors (Lipinski definition) is 1. The Balaban J connectivity index is 1.90. The molecule has 6 nitrogen and oxygen atoms in total. The fourth-order valence-electron chi connectivity index (χ4n) is 3.71. The first-order chi connectivity index (χ1) is 15.0. The highest BCUT2D eigenvalue weighted by Gasteiger charge is 2.18. The number of carbonyl (C=O) groups excluding carboxylic acids is 1. The van der Waals surface area contributed by atoms with Gasteiger partial charge in [0.15, 0.2) is 0 Å². The first-order valence-electron chi connectivity index (χ1n) is 10.0. The van der Waals surface area contributed by atoms with Crippen LogP contribution in [0.15, 0.2) is 58.7 Å². The third kappa shape index (κ3) is 4.09. The van der Waals surface area contributed by atoms with E-state index in [1.54, 1.807) is 11.7 Å². The van der Waals surface area contributed by atoms with Gasteiger partial charge in [-0.3, -0.25) is 14.2 Å². The number of primary amides is 1. The Morgan fingerprint density at radius 1 is 1.16 bits per heavy atom. The largest absolute Gasteiger partial charge is 0.496 e. The predicted molar refractivity (Wildman–Crippen MR) is 124 cm³/mol. The summed E-state index contributed by atoms with van der Waals surface area (Å²) in [5.41, 5.74) is 8.84. The molecule has 0 spiro atoms. The van der Waals surface area contributed by atoms with Gasteiger partial charge in [-0.25, -0.2) is 4.98 Å². The van der Waals surface area contributed by atoms with Crippen molar-refractivity contribution in [2.24, 2.45) is 5.73 Å². The minimum atomic E-state index is -0.381. The predicted octanol–water partition coefficient (Wildman–Crippen LogP) is 4.37. The van der Waals surface area contributed by atoms with Crippen LogP contribution >= 0.6 is 11.3 Å². The number of hydrogen-bond acceptors (Lipinski definition) is 5. The molecule has 0 aliphatic heterocycles. The maximum absolute atomic E-state index is 13.7. The number of rotatable bonds is 7. The molecule has 2 heterocycles. The van der Waals surface area contributed by atoms with Crippen LogP contribution in [0.2, 0.25) is 0 Å². The lowest BCUT2D eigenvalue weighted by molar-refractivity contribution is -0.118. The Hall–Kier alpha value is -3.45. The second-order valence-corrected chi connectivity index (χ2v) is 8.20. The Morgan fingerprint density at radius 2 is 1.94 bits per heavy atom. The van der Waals surface area contributed by atoms with Crippen LogP contribution in [0, 0.1) is 6.92 Å². The van der Waals surface area contributed by atoms with Crippen LogP contribution in [0.3, 0.4) is 0 Å². The molecule has 0 aliphatic rings. The van der Waals surface area contributed by atoms with E-state index in [9.17, 15) is 9.59 Å². The summed E-state index contributed by atoms with van der Waals surface area (Å²) in [6, 6.07) is 15.5. The topological polar surface area (TPSA) is 87.2 Å². The van der Waals surface area contributed by atoms with Gasteiger partial charge in [-0.15, -0.1) is 11.3 Å². The monoisotopic (exact) mass is 433 g/mol. The highest BCUT2D eigenvalue weighted by molar-refractivity contribution is 7.17. The zero-order valence-electron chi connectivity index (χ0n) is 17.4. The number of amides is 1. The van der Waals surface area contributed by atoms with Crippen LogP contribution in [0.5, 0.6) is 5.75 Å². The fraction of sp³-hybridized carbons (Fsp3) is 0.208. The van der Waals surface area contributed by atoms with Crippen molar-refractivity contribution in [2.75, 3.05) is 7.11 Å². The molecule has 2 aromatic heterocycles. The summed E-state index contributed by atoms with van der Waals surface area (Å²) in [6.07, 6.45) is 0.691. The smallest absolute Gasteiger partial charge is 0.263 e. The van der Waals surface area contributed by atoms with E-state index in [4.69, 9.17) is 15.5 Å². The lowest BCUT2D eigenvalue weighted by Gasteiger charge is -2.13. The van der Waals surface area contributed by atoms with Gasteiger partial charge in [0.1, 0.15) is 16.4 Å². The number of thiophene rings is 1. The number of aryl methyl sites for hydroxylation is 1. The van der Waals surface area contributed by atoms with Crippen LogP contribution in [-0.2, 0) is 11.3 Å². The molecule has 0 radical (unpaired) electrons. The fourth-order valence-corrected chi connectivity index (χ4v) is 4.65. The molecule has 2 aromatic carbocycles. The maximum Gasteiger partial charge on any atom is 0.263 e. The average molecular weight is 434 g/mol. The molecule has 0 fully saturated rings. The van der Waals surface area contributed by atoms with Crippen LogP contribution < -0.4 is 16.0 Å². The second-order valence-electron chi connectivity index (χ2n) is 7.34. The van der Waals surface area contributed by atoms with Crippen molar-refractivity contribution < 1.29 is 9.53 Å². The van der Waals surface area contributed by atoms with Crippen molar-refractivity contribution >= 4 is 27.5 Å². The molecular formula is C24H23N3O3S. The molecule has 0 aliphatic carbocycles. The van der Waals surface area contributed by atoms with Crippen LogP contribution in [0.25, 0.3) is 32.7 Å². The summed E-state index contributed by atoms with van der Waals surface area (Å²) in [4.78, 5) is 30.4. The summed E-state index contributed by atoms with van der Waals surface area (Å²) in [7, 11) is 1.64. The number of methoxy groups -OCH3 is 1. The molecule has 2 N–H and O–H groups in total. The maximum atomic E-state index is 13.7. The van der Waals surface area contributed by atoms with Gasteiger partial charge in [-0.1, -0.05) is 36.4 Å². The van der Waals surface area contributed by atoms with Crippen molar-refractivity contribution in [1.29, 1.82) is 0 Å². The lowest BCUT2D eigenvalue weighted by atomic mass is 10.0. The number of carbonyl (C=O) groups is 1. The van der Waals surface area contributed by atoms with Gasteiger partial charge < -0.3 is 10.5 Å². The summed E-state index contributed by atoms with van der Waals surface area (Å²) >= 11 is 1.46. The van der Waals surface area contributed by atoms with Crippen molar-refractivity contribution in [3.05, 3.63) is 69.8 Å². The van der Waals surface area contributed by atoms with E-state index in [1.807, 2.05) is 60.8 Å². The highest BCUT2D eigenvalue weighted by atomic mass is 32.1. The SMILES string of the molecule is COc1ccc(-c2csc3nc(-c4ccccc4)n(CCCC(N)=O)c(=O)c23)cc1C. The summed E-state index contributed by atoms with van der Waals surface area (Å²) in [5, 5.41) is 2.57. The Bertz CT molecular complexity index is 1310. The van der Waals surface area contributed by atoms with E-state index >= 15 is 0 Å². The van der Waals surface area contributed by atoms with Gasteiger partial charge in [0.05, 0.1) is 12.5 Å². The second kappa shape index (κ2) is 8.73. The number of fused-ring (bicyclic) bond motifs is 1.